The lowest BCUT2D eigenvalue weighted by Crippen LogP contribution is -2.43. The van der Waals surface area contributed by atoms with Gasteiger partial charge in [0, 0.05) is 37.9 Å². The minimum atomic E-state index is -0.303. The first-order valence-corrected chi connectivity index (χ1v) is 12.9. The summed E-state index contributed by atoms with van der Waals surface area (Å²) in [5.41, 5.74) is 3.86. The summed E-state index contributed by atoms with van der Waals surface area (Å²) in [6.07, 6.45) is 4.00. The molecule has 37 heavy (non-hydrogen) atoms. The van der Waals surface area contributed by atoms with E-state index in [1.807, 2.05) is 30.3 Å². The van der Waals surface area contributed by atoms with Crippen LogP contribution in [0.4, 0.5) is 5.82 Å². The van der Waals surface area contributed by atoms with Gasteiger partial charge in [0.05, 0.1) is 19.6 Å². The van der Waals surface area contributed by atoms with Gasteiger partial charge in [-0.15, -0.1) is 0 Å². The molecule has 1 atom stereocenters. The number of aromatic nitrogens is 2. The lowest BCUT2D eigenvalue weighted by molar-refractivity contribution is -0.149. The van der Waals surface area contributed by atoms with E-state index in [2.05, 4.69) is 28.1 Å². The van der Waals surface area contributed by atoms with Gasteiger partial charge in [0.1, 0.15) is 17.1 Å². The first-order valence-electron chi connectivity index (χ1n) is 12.9. The second-order valence-corrected chi connectivity index (χ2v) is 9.44. The van der Waals surface area contributed by atoms with Gasteiger partial charge in [-0.3, -0.25) is 9.59 Å². The van der Waals surface area contributed by atoms with Gasteiger partial charge in [0.2, 0.25) is 0 Å². The summed E-state index contributed by atoms with van der Waals surface area (Å²) in [6, 6.07) is 16.0. The molecular weight excluding hydrogens is 468 g/mol. The van der Waals surface area contributed by atoms with E-state index in [0.29, 0.717) is 43.4 Å². The van der Waals surface area contributed by atoms with Crippen molar-refractivity contribution in [3.05, 3.63) is 71.4 Å². The van der Waals surface area contributed by atoms with Crippen molar-refractivity contribution in [1.82, 2.24) is 14.9 Å². The largest absolute Gasteiger partial charge is 0.497 e. The van der Waals surface area contributed by atoms with Crippen LogP contribution < -0.4 is 9.64 Å². The molecule has 0 spiro atoms. The minimum Gasteiger partial charge on any atom is -0.497 e. The third kappa shape index (κ3) is 5.28. The SMILES string of the molecule is CCOC(=O)[C@H]1CCCN(C(=O)c2cnc(-c3ccc(OC)cc3)nc2N2CCc3ccccc3C2)C1. The highest BCUT2D eigenvalue weighted by Crippen LogP contribution is 2.30. The maximum absolute atomic E-state index is 13.8. The smallest absolute Gasteiger partial charge is 0.310 e. The van der Waals surface area contributed by atoms with Gasteiger partial charge in [0.15, 0.2) is 5.82 Å². The number of benzene rings is 2. The highest BCUT2D eigenvalue weighted by Gasteiger charge is 2.32. The molecule has 0 saturated carbocycles. The van der Waals surface area contributed by atoms with Gasteiger partial charge in [-0.1, -0.05) is 24.3 Å². The Balaban J connectivity index is 1.48. The fourth-order valence-corrected chi connectivity index (χ4v) is 5.10. The molecule has 3 heterocycles. The van der Waals surface area contributed by atoms with Crippen LogP contribution in [0.15, 0.2) is 54.7 Å². The lowest BCUT2D eigenvalue weighted by atomic mass is 9.97. The van der Waals surface area contributed by atoms with E-state index in [4.69, 9.17) is 14.5 Å². The number of hydrogen-bond acceptors (Lipinski definition) is 7. The van der Waals surface area contributed by atoms with Crippen LogP contribution >= 0.6 is 0 Å². The Bertz CT molecular complexity index is 1280. The molecule has 5 rings (SSSR count). The molecule has 0 radical (unpaired) electrons. The predicted molar refractivity (Wildman–Crippen MR) is 140 cm³/mol. The summed E-state index contributed by atoms with van der Waals surface area (Å²) in [5, 5.41) is 0. The average Bonchev–Trinajstić information content (AvgIpc) is 2.96. The fraction of sp³-hybridized carbons (Fsp3) is 0.379. The Morgan fingerprint density at radius 3 is 2.59 bits per heavy atom. The molecule has 0 aliphatic carbocycles. The molecule has 0 unspecified atom stereocenters. The van der Waals surface area contributed by atoms with Gasteiger partial charge in [0.25, 0.3) is 5.91 Å². The molecular formula is C29H32N4O4. The number of hydrogen-bond donors (Lipinski definition) is 0. The van der Waals surface area contributed by atoms with E-state index in [-0.39, 0.29) is 17.8 Å². The Kier molecular flexibility index (Phi) is 7.35. The molecule has 8 heteroatoms. The van der Waals surface area contributed by atoms with Gasteiger partial charge in [-0.05, 0) is 61.6 Å². The van der Waals surface area contributed by atoms with Gasteiger partial charge in [-0.2, -0.15) is 0 Å². The summed E-state index contributed by atoms with van der Waals surface area (Å²) in [6.45, 7) is 4.50. The van der Waals surface area contributed by atoms with E-state index >= 15 is 0 Å². The molecule has 0 bridgehead atoms. The number of likely N-dealkylation sites (tertiary alicyclic amines) is 1. The van der Waals surface area contributed by atoms with Crippen molar-refractivity contribution in [2.75, 3.05) is 38.3 Å². The third-order valence-corrected chi connectivity index (χ3v) is 7.11. The van der Waals surface area contributed by atoms with E-state index in [1.54, 1.807) is 25.1 Å². The van der Waals surface area contributed by atoms with Crippen LogP contribution in [0.3, 0.4) is 0 Å². The van der Waals surface area contributed by atoms with Crippen molar-refractivity contribution in [3.8, 4) is 17.1 Å². The second kappa shape index (κ2) is 11.0. The normalized spacial score (nSPS) is 17.2. The number of rotatable bonds is 6. The van der Waals surface area contributed by atoms with E-state index < -0.39 is 0 Å². The highest BCUT2D eigenvalue weighted by molar-refractivity contribution is 5.99. The average molecular weight is 501 g/mol. The van der Waals surface area contributed by atoms with Gasteiger partial charge >= 0.3 is 5.97 Å². The molecule has 8 nitrogen and oxygen atoms in total. The molecule has 3 aromatic rings. The zero-order valence-electron chi connectivity index (χ0n) is 21.4. The molecule has 192 valence electrons. The highest BCUT2D eigenvalue weighted by atomic mass is 16.5. The Morgan fingerprint density at radius 2 is 1.84 bits per heavy atom. The Morgan fingerprint density at radius 1 is 1.05 bits per heavy atom. The van der Waals surface area contributed by atoms with E-state index in [1.165, 1.54) is 11.1 Å². The van der Waals surface area contributed by atoms with Crippen molar-refractivity contribution >= 4 is 17.7 Å². The van der Waals surface area contributed by atoms with Crippen molar-refractivity contribution in [1.29, 1.82) is 0 Å². The lowest BCUT2D eigenvalue weighted by Gasteiger charge is -2.34. The number of carbonyl (C=O) groups excluding carboxylic acids is 2. The number of ether oxygens (including phenoxy) is 2. The summed E-state index contributed by atoms with van der Waals surface area (Å²) in [7, 11) is 1.63. The van der Waals surface area contributed by atoms with Crippen molar-refractivity contribution < 1.29 is 19.1 Å². The molecule has 1 fully saturated rings. The second-order valence-electron chi connectivity index (χ2n) is 9.44. The summed E-state index contributed by atoms with van der Waals surface area (Å²) >= 11 is 0. The molecule has 0 N–H and O–H groups in total. The summed E-state index contributed by atoms with van der Waals surface area (Å²) in [4.78, 5) is 39.6. The van der Waals surface area contributed by atoms with Gasteiger partial charge in [-0.25, -0.2) is 9.97 Å². The maximum atomic E-state index is 13.8. The molecule has 1 saturated heterocycles. The molecule has 2 aliphatic heterocycles. The number of esters is 1. The number of nitrogens with zero attached hydrogens (tertiary/aromatic N) is 4. The summed E-state index contributed by atoms with van der Waals surface area (Å²) in [5.74, 6) is 1.24. The monoisotopic (exact) mass is 500 g/mol. The minimum absolute atomic E-state index is 0.149. The van der Waals surface area contributed by atoms with Crippen LogP contribution in [0.2, 0.25) is 0 Å². The molecule has 2 aliphatic rings. The Hall–Kier alpha value is -3.94. The van der Waals surface area contributed by atoms with Crippen molar-refractivity contribution in [2.45, 2.75) is 32.7 Å². The van der Waals surface area contributed by atoms with E-state index in [0.717, 1.165) is 37.1 Å². The van der Waals surface area contributed by atoms with Crippen LogP contribution in [0.5, 0.6) is 5.75 Å². The third-order valence-electron chi connectivity index (χ3n) is 7.11. The van der Waals surface area contributed by atoms with Crippen molar-refractivity contribution in [3.63, 3.8) is 0 Å². The van der Waals surface area contributed by atoms with Crippen LogP contribution in [-0.4, -0.2) is 60.1 Å². The van der Waals surface area contributed by atoms with Crippen LogP contribution in [0, 0.1) is 5.92 Å². The van der Waals surface area contributed by atoms with Crippen LogP contribution in [-0.2, 0) is 22.5 Å². The number of anilines is 1. The number of amides is 1. The van der Waals surface area contributed by atoms with E-state index in [9.17, 15) is 9.59 Å². The standard InChI is InChI=1S/C29H32N4O4/c1-3-37-29(35)23-9-6-15-33(19-23)28(34)25-17-30-26(21-10-12-24(36-2)13-11-21)31-27(25)32-16-14-20-7-4-5-8-22(20)18-32/h4-5,7-8,10-13,17,23H,3,6,9,14-16,18-19H2,1-2H3/t23-/m0/s1. The Labute approximate surface area is 217 Å². The topological polar surface area (TPSA) is 84.9 Å². The fourth-order valence-electron chi connectivity index (χ4n) is 5.10. The number of carbonyl (C=O) groups is 2. The number of fused-ring (bicyclic) bond motifs is 1. The molecule has 1 aromatic heterocycles. The first-order chi connectivity index (χ1) is 18.1. The zero-order chi connectivity index (χ0) is 25.8. The maximum Gasteiger partial charge on any atom is 0.310 e. The first kappa shape index (κ1) is 24.7. The number of methoxy groups -OCH3 is 1. The van der Waals surface area contributed by atoms with Crippen LogP contribution in [0.1, 0.15) is 41.3 Å². The number of piperidine rings is 1. The quantitative estimate of drug-likeness (QED) is 0.471. The predicted octanol–water partition coefficient (Wildman–Crippen LogP) is 4.13. The zero-order valence-corrected chi connectivity index (χ0v) is 21.4. The molecule has 2 aromatic carbocycles. The summed E-state index contributed by atoms with van der Waals surface area (Å²) < 4.78 is 10.5. The molecule has 1 amide bonds. The van der Waals surface area contributed by atoms with Gasteiger partial charge < -0.3 is 19.3 Å². The van der Waals surface area contributed by atoms with Crippen molar-refractivity contribution in [2.24, 2.45) is 5.92 Å². The van der Waals surface area contributed by atoms with Crippen LogP contribution in [0.25, 0.3) is 11.4 Å².